The van der Waals surface area contributed by atoms with Crippen molar-refractivity contribution in [1.82, 2.24) is 4.90 Å². The first-order chi connectivity index (χ1) is 10.8. The fourth-order valence-electron chi connectivity index (χ4n) is 2.26. The zero-order chi connectivity index (χ0) is 17.0. The highest BCUT2D eigenvalue weighted by Crippen LogP contribution is 2.16. The molecule has 1 aliphatic heterocycles. The van der Waals surface area contributed by atoms with Crippen LogP contribution in [0.2, 0.25) is 0 Å². The van der Waals surface area contributed by atoms with Crippen molar-refractivity contribution in [2.24, 2.45) is 0 Å². The van der Waals surface area contributed by atoms with E-state index in [0.717, 1.165) is 5.76 Å². The van der Waals surface area contributed by atoms with E-state index in [9.17, 15) is 18.0 Å². The summed E-state index contributed by atoms with van der Waals surface area (Å²) >= 11 is 0. The molecule has 126 valence electrons. The number of ether oxygens (including phenoxy) is 1. The molecule has 1 aromatic rings. The van der Waals surface area contributed by atoms with Gasteiger partial charge in [0.2, 0.25) is 0 Å². The molecule has 0 saturated carbocycles. The Labute approximate surface area is 134 Å². The number of sulfone groups is 1. The Morgan fingerprint density at radius 2 is 2.17 bits per heavy atom. The maximum atomic E-state index is 11.9. The van der Waals surface area contributed by atoms with Crippen LogP contribution >= 0.6 is 0 Å². The van der Waals surface area contributed by atoms with Crippen LogP contribution in [0.25, 0.3) is 6.08 Å². The van der Waals surface area contributed by atoms with E-state index in [1.54, 1.807) is 19.1 Å². The van der Waals surface area contributed by atoms with E-state index in [4.69, 9.17) is 9.15 Å². The average molecular weight is 341 g/mol. The fourth-order valence-corrected chi connectivity index (χ4v) is 4.03. The highest BCUT2D eigenvalue weighted by Gasteiger charge is 2.32. The van der Waals surface area contributed by atoms with Crippen LogP contribution in [0, 0.1) is 6.92 Å². The predicted molar refractivity (Wildman–Crippen MR) is 83.3 cm³/mol. The van der Waals surface area contributed by atoms with Gasteiger partial charge in [-0.2, -0.15) is 0 Å². The number of carbonyl (C=O) groups is 2. The molecule has 0 radical (unpaired) electrons. The molecular weight excluding hydrogens is 322 g/mol. The van der Waals surface area contributed by atoms with Gasteiger partial charge in [0.15, 0.2) is 16.4 Å². The molecule has 0 aliphatic carbocycles. The predicted octanol–water partition coefficient (Wildman–Crippen LogP) is 0.790. The second-order valence-corrected chi connectivity index (χ2v) is 7.68. The lowest BCUT2D eigenvalue weighted by Crippen LogP contribution is -2.40. The van der Waals surface area contributed by atoms with E-state index in [0.29, 0.717) is 12.2 Å². The molecule has 0 aromatic carbocycles. The highest BCUT2D eigenvalue weighted by atomic mass is 32.2. The minimum absolute atomic E-state index is 0.0407. The summed E-state index contributed by atoms with van der Waals surface area (Å²) in [6.07, 6.45) is 3.04. The number of aryl methyl sites for hydroxylation is 1. The second kappa shape index (κ2) is 6.99. The lowest BCUT2D eigenvalue weighted by molar-refractivity contribution is -0.148. The highest BCUT2D eigenvalue weighted by molar-refractivity contribution is 7.91. The van der Waals surface area contributed by atoms with Crippen LogP contribution in [0.1, 0.15) is 17.9 Å². The van der Waals surface area contributed by atoms with E-state index in [1.165, 1.54) is 24.1 Å². The summed E-state index contributed by atoms with van der Waals surface area (Å²) in [6, 6.07) is 3.12. The standard InChI is InChI=1S/C15H19NO6S/c1-11-3-4-13(22-11)5-6-15(18)21-9-14(17)16(2)12-7-8-23(19,20)10-12/h3-6,12H,7-10H2,1-2H3. The molecular formula is C15H19NO6S. The summed E-state index contributed by atoms with van der Waals surface area (Å²) in [5.41, 5.74) is 0. The van der Waals surface area contributed by atoms with Crippen molar-refractivity contribution in [2.75, 3.05) is 25.2 Å². The van der Waals surface area contributed by atoms with Crippen LogP contribution in [-0.4, -0.2) is 56.4 Å². The summed E-state index contributed by atoms with van der Waals surface area (Å²) in [6.45, 7) is 1.36. The number of likely N-dealkylation sites (N-methyl/N-ethyl adjacent to an activating group) is 1. The molecule has 0 bridgehead atoms. The monoisotopic (exact) mass is 341 g/mol. The van der Waals surface area contributed by atoms with Gasteiger partial charge < -0.3 is 14.1 Å². The third-order valence-electron chi connectivity index (χ3n) is 3.63. The van der Waals surface area contributed by atoms with Gasteiger partial charge in [-0.3, -0.25) is 4.79 Å². The minimum atomic E-state index is -3.07. The van der Waals surface area contributed by atoms with Gasteiger partial charge in [-0.25, -0.2) is 13.2 Å². The van der Waals surface area contributed by atoms with Crippen molar-refractivity contribution in [2.45, 2.75) is 19.4 Å². The van der Waals surface area contributed by atoms with Crippen molar-refractivity contribution in [3.8, 4) is 0 Å². The summed E-state index contributed by atoms with van der Waals surface area (Å²) in [7, 11) is -1.55. The molecule has 1 fully saturated rings. The first kappa shape index (κ1) is 17.3. The van der Waals surface area contributed by atoms with E-state index >= 15 is 0 Å². The maximum absolute atomic E-state index is 11.9. The van der Waals surface area contributed by atoms with Gasteiger partial charge in [-0.1, -0.05) is 0 Å². The van der Waals surface area contributed by atoms with Gasteiger partial charge in [0, 0.05) is 19.2 Å². The molecule has 1 atom stereocenters. The SMILES string of the molecule is Cc1ccc(C=CC(=O)OCC(=O)N(C)C2CCS(=O)(=O)C2)o1. The molecule has 1 aromatic heterocycles. The molecule has 1 amide bonds. The fraction of sp³-hybridized carbons (Fsp3) is 0.467. The average Bonchev–Trinajstić information content (AvgIpc) is 3.07. The molecule has 0 spiro atoms. The van der Waals surface area contributed by atoms with Crippen LogP contribution in [0.5, 0.6) is 0 Å². The largest absolute Gasteiger partial charge is 0.462 e. The van der Waals surface area contributed by atoms with Crippen LogP contribution in [-0.2, 0) is 24.2 Å². The smallest absolute Gasteiger partial charge is 0.331 e. The Morgan fingerprint density at radius 1 is 1.43 bits per heavy atom. The molecule has 1 saturated heterocycles. The maximum Gasteiger partial charge on any atom is 0.331 e. The number of esters is 1. The molecule has 2 heterocycles. The van der Waals surface area contributed by atoms with E-state index in [-0.39, 0.29) is 17.5 Å². The zero-order valence-corrected chi connectivity index (χ0v) is 13.8. The molecule has 1 aliphatic rings. The van der Waals surface area contributed by atoms with Gasteiger partial charge in [-0.05, 0) is 31.6 Å². The van der Waals surface area contributed by atoms with Gasteiger partial charge in [0.25, 0.3) is 5.91 Å². The van der Waals surface area contributed by atoms with E-state index < -0.39 is 28.3 Å². The summed E-state index contributed by atoms with van der Waals surface area (Å²) in [5, 5.41) is 0. The Kier molecular flexibility index (Phi) is 5.25. The van der Waals surface area contributed by atoms with Gasteiger partial charge in [0.05, 0.1) is 11.5 Å². The summed E-state index contributed by atoms with van der Waals surface area (Å²) < 4.78 is 32.9. The van der Waals surface area contributed by atoms with E-state index in [1.807, 2.05) is 0 Å². The lowest BCUT2D eigenvalue weighted by atomic mass is 10.2. The molecule has 8 heteroatoms. The lowest BCUT2D eigenvalue weighted by Gasteiger charge is -2.22. The number of furan rings is 1. The van der Waals surface area contributed by atoms with Gasteiger partial charge >= 0.3 is 5.97 Å². The number of hydrogen-bond acceptors (Lipinski definition) is 6. The van der Waals surface area contributed by atoms with Crippen LogP contribution < -0.4 is 0 Å². The first-order valence-corrected chi connectivity index (χ1v) is 8.96. The van der Waals surface area contributed by atoms with Crippen LogP contribution in [0.3, 0.4) is 0 Å². The van der Waals surface area contributed by atoms with Crippen molar-refractivity contribution >= 4 is 27.8 Å². The molecule has 1 unspecified atom stereocenters. The van der Waals surface area contributed by atoms with Crippen molar-refractivity contribution < 1.29 is 27.2 Å². The molecule has 2 rings (SSSR count). The number of rotatable bonds is 5. The second-order valence-electron chi connectivity index (χ2n) is 5.45. The first-order valence-electron chi connectivity index (χ1n) is 7.14. The van der Waals surface area contributed by atoms with Crippen LogP contribution in [0.4, 0.5) is 0 Å². The van der Waals surface area contributed by atoms with Gasteiger partial charge in [-0.15, -0.1) is 0 Å². The van der Waals surface area contributed by atoms with Crippen molar-refractivity contribution in [3.63, 3.8) is 0 Å². The number of nitrogens with zero attached hydrogens (tertiary/aromatic N) is 1. The number of hydrogen-bond donors (Lipinski definition) is 0. The number of carbonyl (C=O) groups excluding carboxylic acids is 2. The Bertz CT molecular complexity index is 718. The number of amides is 1. The molecule has 7 nitrogen and oxygen atoms in total. The van der Waals surface area contributed by atoms with Gasteiger partial charge in [0.1, 0.15) is 11.5 Å². The Balaban J connectivity index is 1.79. The molecule has 0 N–H and O–H groups in total. The minimum Gasteiger partial charge on any atom is -0.462 e. The molecule has 23 heavy (non-hydrogen) atoms. The van der Waals surface area contributed by atoms with E-state index in [2.05, 4.69) is 0 Å². The van der Waals surface area contributed by atoms with Crippen LogP contribution in [0.15, 0.2) is 22.6 Å². The van der Waals surface area contributed by atoms with Crippen molar-refractivity contribution in [3.05, 3.63) is 29.7 Å². The Morgan fingerprint density at radius 3 is 2.74 bits per heavy atom. The Hall–Kier alpha value is -2.09. The third kappa shape index (κ3) is 4.95. The zero-order valence-electron chi connectivity index (χ0n) is 13.0. The summed E-state index contributed by atoms with van der Waals surface area (Å²) in [4.78, 5) is 24.8. The third-order valence-corrected chi connectivity index (χ3v) is 5.38. The summed E-state index contributed by atoms with van der Waals surface area (Å²) in [5.74, 6) is 0.185. The normalized spacial score (nSPS) is 19.8. The van der Waals surface area contributed by atoms with Crippen molar-refractivity contribution in [1.29, 1.82) is 0 Å². The quantitative estimate of drug-likeness (QED) is 0.580. The topological polar surface area (TPSA) is 93.9 Å².